The molecule has 0 bridgehead atoms. The number of benzene rings is 2. The van der Waals surface area contributed by atoms with E-state index < -0.39 is 0 Å². The maximum Gasteiger partial charge on any atom is 0.142 e. The Kier molecular flexibility index (Phi) is 4.53. The topological polar surface area (TPSA) is 41.9 Å². The molecule has 2 aromatic carbocycles. The van der Waals surface area contributed by atoms with E-state index in [4.69, 9.17) is 21.1 Å². The van der Waals surface area contributed by atoms with Crippen molar-refractivity contribution in [2.24, 2.45) is 0 Å². The maximum absolute atomic E-state index is 10.3. The van der Waals surface area contributed by atoms with E-state index in [0.29, 0.717) is 13.0 Å². The van der Waals surface area contributed by atoms with E-state index in [2.05, 4.69) is 36.2 Å². The lowest BCUT2D eigenvalue weighted by Crippen LogP contribution is -2.32. The minimum Gasteiger partial charge on any atom is -0.490 e. The van der Waals surface area contributed by atoms with Crippen molar-refractivity contribution >= 4 is 17.3 Å². The van der Waals surface area contributed by atoms with Gasteiger partial charge in [0.25, 0.3) is 0 Å². The molecule has 28 heavy (non-hydrogen) atoms. The van der Waals surface area contributed by atoms with Crippen LogP contribution in [0.1, 0.15) is 48.5 Å². The van der Waals surface area contributed by atoms with Crippen LogP contribution in [0.3, 0.4) is 0 Å². The van der Waals surface area contributed by atoms with Gasteiger partial charge in [-0.2, -0.15) is 0 Å². The lowest BCUT2D eigenvalue weighted by atomic mass is 9.93. The minimum atomic E-state index is -0.282. The molecule has 5 heteroatoms. The Balaban J connectivity index is 1.39. The molecule has 1 aliphatic carbocycles. The van der Waals surface area contributed by atoms with Crippen LogP contribution < -0.4 is 9.64 Å². The number of hydrogen-bond acceptors (Lipinski definition) is 4. The first-order chi connectivity index (χ1) is 13.5. The first-order valence-corrected chi connectivity index (χ1v) is 10.5. The highest BCUT2D eigenvalue weighted by molar-refractivity contribution is 6.31. The average Bonchev–Trinajstić information content (AvgIpc) is 3.41. The number of anilines is 1. The molecular formula is C23H26ClNO3. The molecule has 2 aromatic rings. The van der Waals surface area contributed by atoms with Gasteiger partial charge in [-0.1, -0.05) is 29.8 Å². The van der Waals surface area contributed by atoms with E-state index >= 15 is 0 Å². The van der Waals surface area contributed by atoms with E-state index in [9.17, 15) is 5.11 Å². The molecule has 4 nitrogen and oxygen atoms in total. The van der Waals surface area contributed by atoms with Crippen LogP contribution in [0.15, 0.2) is 36.4 Å². The number of aliphatic hydroxyl groups excluding tert-OH is 1. The summed E-state index contributed by atoms with van der Waals surface area (Å²) >= 11 is 6.52. The largest absolute Gasteiger partial charge is 0.490 e. The van der Waals surface area contributed by atoms with Crippen LogP contribution in [0.4, 0.5) is 5.69 Å². The fourth-order valence-electron chi connectivity index (χ4n) is 4.49. The van der Waals surface area contributed by atoms with Gasteiger partial charge in [0.1, 0.15) is 12.4 Å². The summed E-state index contributed by atoms with van der Waals surface area (Å²) in [6.45, 7) is 1.63. The molecule has 2 heterocycles. The van der Waals surface area contributed by atoms with Crippen LogP contribution in [0.5, 0.6) is 5.75 Å². The second-order valence-electron chi connectivity index (χ2n) is 8.48. The van der Waals surface area contributed by atoms with E-state index in [0.717, 1.165) is 59.8 Å². The first-order valence-electron chi connectivity index (χ1n) is 10.1. The Morgan fingerprint density at radius 3 is 2.89 bits per heavy atom. The van der Waals surface area contributed by atoms with Crippen molar-refractivity contribution in [1.29, 1.82) is 0 Å². The van der Waals surface area contributed by atoms with Gasteiger partial charge >= 0.3 is 0 Å². The summed E-state index contributed by atoms with van der Waals surface area (Å²) < 4.78 is 12.2. The van der Waals surface area contributed by atoms with Crippen molar-refractivity contribution in [3.05, 3.63) is 58.1 Å². The predicted molar refractivity (Wildman–Crippen MR) is 110 cm³/mol. The highest BCUT2D eigenvalue weighted by atomic mass is 35.5. The number of nitrogens with zero attached hydrogens (tertiary/aromatic N) is 1. The Morgan fingerprint density at radius 1 is 1.21 bits per heavy atom. The van der Waals surface area contributed by atoms with Gasteiger partial charge in [-0.3, -0.25) is 0 Å². The quantitative estimate of drug-likeness (QED) is 0.824. The Hall–Kier alpha value is -1.75. The van der Waals surface area contributed by atoms with Gasteiger partial charge in [0.05, 0.1) is 30.0 Å². The zero-order valence-electron chi connectivity index (χ0n) is 16.2. The molecule has 0 amide bonds. The molecule has 1 saturated carbocycles. The number of ether oxygens (including phenoxy) is 2. The van der Waals surface area contributed by atoms with Crippen LogP contribution in [0, 0.1) is 0 Å². The molecule has 148 valence electrons. The van der Waals surface area contributed by atoms with Crippen molar-refractivity contribution in [3.8, 4) is 5.75 Å². The van der Waals surface area contributed by atoms with Gasteiger partial charge in [0.15, 0.2) is 0 Å². The average molecular weight is 400 g/mol. The third kappa shape index (κ3) is 3.49. The lowest BCUT2D eigenvalue weighted by molar-refractivity contribution is -0.113. The number of rotatable bonds is 3. The lowest BCUT2D eigenvalue weighted by Gasteiger charge is -2.34. The van der Waals surface area contributed by atoms with Crippen LogP contribution in [0.2, 0.25) is 5.02 Å². The molecule has 2 fully saturated rings. The zero-order valence-corrected chi connectivity index (χ0v) is 16.9. The Morgan fingerprint density at radius 2 is 2.07 bits per heavy atom. The molecule has 2 atom stereocenters. The second kappa shape index (κ2) is 6.94. The fourth-order valence-corrected chi connectivity index (χ4v) is 4.67. The minimum absolute atomic E-state index is 0.0530. The standard InChI is InChI=1S/C23H26ClNO3/c1-25-8-9-27-22-11-15(2-5-20(22)25)10-17-12-16(3-4-19(17)24)21-13-18(26)14-23(28-21)6-7-23/h2-5,11-12,18,21,26H,6-10,13-14H2,1H3. The highest BCUT2D eigenvalue weighted by Crippen LogP contribution is 2.51. The number of hydrogen-bond donors (Lipinski definition) is 1. The van der Waals surface area contributed by atoms with Crippen LogP contribution in [-0.2, 0) is 11.2 Å². The summed E-state index contributed by atoms with van der Waals surface area (Å²) in [7, 11) is 2.09. The molecule has 2 aliphatic heterocycles. The molecule has 0 aromatic heterocycles. The predicted octanol–water partition coefficient (Wildman–Crippen LogP) is 4.50. The normalized spacial score (nSPS) is 25.3. The third-order valence-corrected chi connectivity index (χ3v) is 6.62. The molecule has 1 spiro atoms. The van der Waals surface area contributed by atoms with E-state index in [1.165, 1.54) is 5.56 Å². The van der Waals surface area contributed by atoms with Crippen LogP contribution >= 0.6 is 11.6 Å². The van der Waals surface area contributed by atoms with Gasteiger partial charge in [-0.05, 0) is 54.2 Å². The van der Waals surface area contributed by atoms with Gasteiger partial charge in [-0.25, -0.2) is 0 Å². The highest BCUT2D eigenvalue weighted by Gasteiger charge is 2.50. The molecule has 2 unspecified atom stereocenters. The fraction of sp³-hybridized carbons (Fsp3) is 0.478. The van der Waals surface area contributed by atoms with E-state index in [1.807, 2.05) is 12.1 Å². The zero-order chi connectivity index (χ0) is 19.3. The number of aliphatic hydroxyl groups is 1. The van der Waals surface area contributed by atoms with Crippen LogP contribution in [0.25, 0.3) is 0 Å². The van der Waals surface area contributed by atoms with Crippen molar-refractivity contribution in [1.82, 2.24) is 0 Å². The third-order valence-electron chi connectivity index (χ3n) is 6.25. The molecule has 5 rings (SSSR count). The summed E-state index contributed by atoms with van der Waals surface area (Å²) in [5.74, 6) is 0.938. The van der Waals surface area contributed by atoms with Gasteiger partial charge in [-0.15, -0.1) is 0 Å². The second-order valence-corrected chi connectivity index (χ2v) is 8.89. The molecule has 1 saturated heterocycles. The summed E-state index contributed by atoms with van der Waals surface area (Å²) in [6.07, 6.45) is 3.95. The summed E-state index contributed by atoms with van der Waals surface area (Å²) in [4.78, 5) is 2.22. The van der Waals surface area contributed by atoms with E-state index in [-0.39, 0.29) is 17.8 Å². The maximum atomic E-state index is 10.3. The van der Waals surface area contributed by atoms with Gasteiger partial charge < -0.3 is 19.5 Å². The first kappa shape index (κ1) is 18.3. The molecule has 0 radical (unpaired) electrons. The van der Waals surface area contributed by atoms with Crippen molar-refractivity contribution in [2.45, 2.75) is 49.9 Å². The number of halogens is 1. The monoisotopic (exact) mass is 399 g/mol. The SMILES string of the molecule is CN1CCOc2cc(Cc3cc(C4CC(O)CC5(CC5)O4)ccc3Cl)ccc21. The Bertz CT molecular complexity index is 895. The van der Waals surface area contributed by atoms with Gasteiger partial charge in [0.2, 0.25) is 0 Å². The Labute approximate surface area is 171 Å². The van der Waals surface area contributed by atoms with Crippen molar-refractivity contribution < 1.29 is 14.6 Å². The summed E-state index contributed by atoms with van der Waals surface area (Å²) in [5, 5.41) is 11.0. The van der Waals surface area contributed by atoms with Crippen molar-refractivity contribution in [3.63, 3.8) is 0 Å². The van der Waals surface area contributed by atoms with E-state index in [1.54, 1.807) is 0 Å². The van der Waals surface area contributed by atoms with Gasteiger partial charge in [0, 0.05) is 24.9 Å². The number of likely N-dealkylation sites (N-methyl/N-ethyl adjacent to an activating group) is 1. The van der Waals surface area contributed by atoms with Crippen LogP contribution in [-0.4, -0.2) is 37.0 Å². The van der Waals surface area contributed by atoms with Crippen molar-refractivity contribution in [2.75, 3.05) is 25.1 Å². The molecule has 3 aliphatic rings. The summed E-state index contributed by atoms with van der Waals surface area (Å²) in [5.41, 5.74) is 4.42. The number of fused-ring (bicyclic) bond motifs is 1. The molecule has 1 N–H and O–H groups in total. The summed E-state index contributed by atoms with van der Waals surface area (Å²) in [6, 6.07) is 12.5. The molecular weight excluding hydrogens is 374 g/mol. The smallest absolute Gasteiger partial charge is 0.142 e.